The first-order valence-corrected chi connectivity index (χ1v) is 9.89. The Hall–Kier alpha value is -2.53. The van der Waals surface area contributed by atoms with E-state index in [9.17, 15) is 4.79 Å². The van der Waals surface area contributed by atoms with Gasteiger partial charge in [-0.1, -0.05) is 30.3 Å². The molecule has 0 aliphatic carbocycles. The van der Waals surface area contributed by atoms with Gasteiger partial charge in [0, 0.05) is 6.04 Å². The first-order chi connectivity index (χ1) is 12.9. The largest absolute Gasteiger partial charge is 0.491 e. The Bertz CT molecular complexity index is 856. The van der Waals surface area contributed by atoms with Gasteiger partial charge in [0.05, 0.1) is 16.7 Å². The molecule has 4 nitrogen and oxygen atoms in total. The SMILES string of the molecule is CC(C)Oc1ccc(/C=C2/SC(=Nc3ccccc3)N(C(C)C)C2=O)cc1. The van der Waals surface area contributed by atoms with Crippen LogP contribution in [0.2, 0.25) is 0 Å². The molecule has 0 unspecified atom stereocenters. The highest BCUT2D eigenvalue weighted by Gasteiger charge is 2.35. The third-order valence-electron chi connectivity index (χ3n) is 3.88. The molecular formula is C22H24N2O2S. The molecule has 1 aliphatic heterocycles. The number of nitrogens with zero attached hydrogens (tertiary/aromatic N) is 2. The summed E-state index contributed by atoms with van der Waals surface area (Å²) in [5, 5.41) is 0.715. The molecule has 0 aromatic heterocycles. The molecule has 1 heterocycles. The fourth-order valence-corrected chi connectivity index (χ4v) is 3.82. The molecule has 2 aromatic rings. The number of para-hydroxylation sites is 1. The van der Waals surface area contributed by atoms with Crippen LogP contribution in [-0.2, 0) is 4.79 Å². The van der Waals surface area contributed by atoms with Crippen molar-refractivity contribution in [3.8, 4) is 5.75 Å². The predicted octanol–water partition coefficient (Wildman–Crippen LogP) is 5.49. The lowest BCUT2D eigenvalue weighted by Crippen LogP contribution is -2.35. The Labute approximate surface area is 164 Å². The molecule has 0 atom stereocenters. The van der Waals surface area contributed by atoms with Crippen molar-refractivity contribution in [1.82, 2.24) is 4.90 Å². The van der Waals surface area contributed by atoms with Gasteiger partial charge in [-0.05, 0) is 75.4 Å². The Balaban J connectivity index is 1.87. The standard InChI is InChI=1S/C22H24N2O2S/c1-15(2)24-21(25)20(27-22(24)23-18-8-6-5-7-9-18)14-17-10-12-19(13-11-17)26-16(3)4/h5-16H,1-4H3/b20-14+,23-22?. The third-order valence-corrected chi connectivity index (χ3v) is 4.87. The fourth-order valence-electron chi connectivity index (χ4n) is 2.70. The van der Waals surface area contributed by atoms with Gasteiger partial charge in [0.1, 0.15) is 5.75 Å². The van der Waals surface area contributed by atoms with Crippen LogP contribution in [0.25, 0.3) is 6.08 Å². The normalized spacial score (nSPS) is 17.6. The maximum atomic E-state index is 12.9. The van der Waals surface area contributed by atoms with Crippen LogP contribution in [0.15, 0.2) is 64.5 Å². The second kappa shape index (κ2) is 8.44. The Morgan fingerprint density at radius 1 is 1.00 bits per heavy atom. The zero-order chi connectivity index (χ0) is 19.4. The van der Waals surface area contributed by atoms with Gasteiger partial charge >= 0.3 is 0 Å². The number of amides is 1. The Morgan fingerprint density at radius 3 is 2.26 bits per heavy atom. The van der Waals surface area contributed by atoms with E-state index in [0.29, 0.717) is 10.1 Å². The van der Waals surface area contributed by atoms with Gasteiger partial charge in [0.25, 0.3) is 5.91 Å². The van der Waals surface area contributed by atoms with Crippen LogP contribution in [-0.4, -0.2) is 28.1 Å². The van der Waals surface area contributed by atoms with Crippen LogP contribution in [0.5, 0.6) is 5.75 Å². The molecule has 3 rings (SSSR count). The van der Waals surface area contributed by atoms with Crippen LogP contribution >= 0.6 is 11.8 Å². The minimum atomic E-state index is -0.00723. The molecule has 0 N–H and O–H groups in total. The zero-order valence-corrected chi connectivity index (χ0v) is 16.9. The van der Waals surface area contributed by atoms with E-state index in [2.05, 4.69) is 4.99 Å². The van der Waals surface area contributed by atoms with Gasteiger partial charge in [-0.2, -0.15) is 0 Å². The van der Waals surface area contributed by atoms with Gasteiger partial charge < -0.3 is 4.74 Å². The minimum absolute atomic E-state index is 0.00723. The van der Waals surface area contributed by atoms with Crippen LogP contribution < -0.4 is 4.74 Å². The molecule has 5 heteroatoms. The van der Waals surface area contributed by atoms with E-state index in [1.807, 2.05) is 88.4 Å². The molecule has 0 radical (unpaired) electrons. The molecule has 0 saturated carbocycles. The molecule has 0 bridgehead atoms. The molecule has 27 heavy (non-hydrogen) atoms. The van der Waals surface area contributed by atoms with E-state index < -0.39 is 0 Å². The molecule has 140 valence electrons. The first kappa shape index (κ1) is 19.2. The Kier molecular flexibility index (Phi) is 6.01. The molecular weight excluding hydrogens is 356 g/mol. The van der Waals surface area contributed by atoms with Gasteiger partial charge in [-0.25, -0.2) is 4.99 Å². The summed E-state index contributed by atoms with van der Waals surface area (Å²) < 4.78 is 5.67. The lowest BCUT2D eigenvalue weighted by Gasteiger charge is -2.19. The number of thioether (sulfide) groups is 1. The number of carbonyl (C=O) groups is 1. The molecule has 1 amide bonds. The van der Waals surface area contributed by atoms with Gasteiger partial charge in [-0.15, -0.1) is 0 Å². The summed E-state index contributed by atoms with van der Waals surface area (Å²) in [5.74, 6) is 0.819. The number of hydrogen-bond acceptors (Lipinski definition) is 4. The van der Waals surface area contributed by atoms with Crippen molar-refractivity contribution in [3.05, 3.63) is 65.1 Å². The minimum Gasteiger partial charge on any atom is -0.491 e. The number of aliphatic imine (C=N–C) groups is 1. The van der Waals surface area contributed by atoms with Crippen LogP contribution in [0, 0.1) is 0 Å². The van der Waals surface area contributed by atoms with Crippen molar-refractivity contribution in [3.63, 3.8) is 0 Å². The lowest BCUT2D eigenvalue weighted by atomic mass is 10.2. The predicted molar refractivity (Wildman–Crippen MR) is 113 cm³/mol. The van der Waals surface area contributed by atoms with E-state index in [1.54, 1.807) is 4.90 Å². The van der Waals surface area contributed by atoms with Gasteiger partial charge in [-0.3, -0.25) is 9.69 Å². The highest BCUT2D eigenvalue weighted by Crippen LogP contribution is 2.35. The number of amidine groups is 1. The highest BCUT2D eigenvalue weighted by atomic mass is 32.2. The summed E-state index contributed by atoms with van der Waals surface area (Å²) in [6.45, 7) is 8.00. The van der Waals surface area contributed by atoms with Crippen LogP contribution in [0.4, 0.5) is 5.69 Å². The second-order valence-electron chi connectivity index (χ2n) is 6.85. The van der Waals surface area contributed by atoms with E-state index >= 15 is 0 Å². The summed E-state index contributed by atoms with van der Waals surface area (Å²) >= 11 is 1.42. The monoisotopic (exact) mass is 380 g/mol. The molecule has 0 spiro atoms. The average Bonchev–Trinajstić information content (AvgIpc) is 2.92. The van der Waals surface area contributed by atoms with Crippen LogP contribution in [0.3, 0.4) is 0 Å². The molecule has 2 aromatic carbocycles. The third kappa shape index (κ3) is 4.80. The molecule has 1 fully saturated rings. The number of rotatable bonds is 5. The first-order valence-electron chi connectivity index (χ1n) is 9.07. The quantitative estimate of drug-likeness (QED) is 0.645. The summed E-state index contributed by atoms with van der Waals surface area (Å²) in [6.07, 6.45) is 2.05. The topological polar surface area (TPSA) is 41.9 Å². The Morgan fingerprint density at radius 2 is 1.67 bits per heavy atom. The molecule has 1 saturated heterocycles. The number of carbonyl (C=O) groups excluding carboxylic acids is 1. The fraction of sp³-hybridized carbons (Fsp3) is 0.273. The van der Waals surface area contributed by atoms with Gasteiger partial charge in [0.2, 0.25) is 0 Å². The smallest absolute Gasteiger partial charge is 0.266 e. The van der Waals surface area contributed by atoms with Gasteiger partial charge in [0.15, 0.2) is 5.17 Å². The second-order valence-corrected chi connectivity index (χ2v) is 7.85. The maximum Gasteiger partial charge on any atom is 0.266 e. The van der Waals surface area contributed by atoms with E-state index in [4.69, 9.17) is 4.74 Å². The van der Waals surface area contributed by atoms with E-state index in [1.165, 1.54) is 11.8 Å². The van der Waals surface area contributed by atoms with E-state index in [-0.39, 0.29) is 18.1 Å². The number of ether oxygens (including phenoxy) is 1. The van der Waals surface area contributed by atoms with Crippen LogP contribution in [0.1, 0.15) is 33.3 Å². The van der Waals surface area contributed by atoms with Crippen molar-refractivity contribution in [2.45, 2.75) is 39.8 Å². The number of hydrogen-bond donors (Lipinski definition) is 0. The number of benzene rings is 2. The van der Waals surface area contributed by atoms with Crippen molar-refractivity contribution < 1.29 is 9.53 Å². The summed E-state index contributed by atoms with van der Waals surface area (Å²) in [4.78, 5) is 20.0. The van der Waals surface area contributed by atoms with Crippen molar-refractivity contribution >= 4 is 34.6 Å². The van der Waals surface area contributed by atoms with Crippen molar-refractivity contribution in [1.29, 1.82) is 0 Å². The maximum absolute atomic E-state index is 12.9. The summed E-state index contributed by atoms with van der Waals surface area (Å²) in [7, 11) is 0. The van der Waals surface area contributed by atoms with E-state index in [0.717, 1.165) is 17.0 Å². The van der Waals surface area contributed by atoms with Crippen molar-refractivity contribution in [2.75, 3.05) is 0 Å². The average molecular weight is 381 g/mol. The lowest BCUT2D eigenvalue weighted by molar-refractivity contribution is -0.123. The summed E-state index contributed by atoms with van der Waals surface area (Å²) in [5.41, 5.74) is 1.81. The molecule has 1 aliphatic rings. The summed E-state index contributed by atoms with van der Waals surface area (Å²) in [6, 6.07) is 17.5. The highest BCUT2D eigenvalue weighted by molar-refractivity contribution is 8.18. The van der Waals surface area contributed by atoms with Crippen molar-refractivity contribution in [2.24, 2.45) is 4.99 Å². The zero-order valence-electron chi connectivity index (χ0n) is 16.0.